The van der Waals surface area contributed by atoms with Crippen LogP contribution in [0.25, 0.3) is 17.1 Å². The molecule has 3 rings (SSSR count). The van der Waals surface area contributed by atoms with E-state index in [4.69, 9.17) is 0 Å². The summed E-state index contributed by atoms with van der Waals surface area (Å²) in [5.41, 5.74) is 1.93. The Morgan fingerprint density at radius 1 is 0.889 bits per heavy atom. The van der Waals surface area contributed by atoms with E-state index < -0.39 is 0 Å². The van der Waals surface area contributed by atoms with Crippen molar-refractivity contribution in [2.45, 2.75) is 0 Å². The van der Waals surface area contributed by atoms with E-state index in [2.05, 4.69) is 4.98 Å². The Kier molecular flexibility index (Phi) is 2.65. The molecule has 2 aromatic carbocycles. The summed E-state index contributed by atoms with van der Waals surface area (Å²) in [7, 11) is 0. The van der Waals surface area contributed by atoms with Gasteiger partial charge in [-0.25, -0.2) is 9.37 Å². The summed E-state index contributed by atoms with van der Waals surface area (Å²) in [6, 6.07) is 16.3. The van der Waals surface area contributed by atoms with Gasteiger partial charge >= 0.3 is 0 Å². The van der Waals surface area contributed by atoms with Crippen LogP contribution in [0.2, 0.25) is 0 Å². The lowest BCUT2D eigenvalue weighted by molar-refractivity contribution is 0.628. The molecule has 1 heterocycles. The predicted molar refractivity (Wildman–Crippen MR) is 69.0 cm³/mol. The summed E-state index contributed by atoms with van der Waals surface area (Å²) in [6.45, 7) is 0. The summed E-state index contributed by atoms with van der Waals surface area (Å²) in [5.74, 6) is 0.567. The van der Waals surface area contributed by atoms with Gasteiger partial charge in [-0.05, 0) is 36.4 Å². The van der Waals surface area contributed by atoms with Crippen molar-refractivity contribution >= 4 is 0 Å². The highest BCUT2D eigenvalue weighted by atomic mass is 19.1. The van der Waals surface area contributed by atoms with E-state index in [1.54, 1.807) is 18.3 Å². The van der Waals surface area contributed by atoms with Crippen molar-refractivity contribution in [1.29, 1.82) is 0 Å². The van der Waals surface area contributed by atoms with Crippen molar-refractivity contribution in [3.63, 3.8) is 0 Å². The third kappa shape index (κ3) is 1.91. The summed E-state index contributed by atoms with van der Waals surface area (Å²) >= 11 is 0. The molecule has 3 aromatic rings. The zero-order valence-corrected chi connectivity index (χ0v) is 9.62. The molecular formula is C15H11FN2. The lowest BCUT2D eigenvalue weighted by atomic mass is 10.2. The van der Waals surface area contributed by atoms with Crippen LogP contribution in [0.5, 0.6) is 0 Å². The van der Waals surface area contributed by atoms with E-state index in [0.29, 0.717) is 0 Å². The maximum atomic E-state index is 12.9. The molecular weight excluding hydrogens is 227 g/mol. The lowest BCUT2D eigenvalue weighted by Crippen LogP contribution is -1.95. The van der Waals surface area contributed by atoms with Crippen LogP contribution in [0, 0.1) is 5.82 Å². The van der Waals surface area contributed by atoms with Gasteiger partial charge in [-0.1, -0.05) is 18.2 Å². The van der Waals surface area contributed by atoms with E-state index in [-0.39, 0.29) is 5.82 Å². The minimum absolute atomic E-state index is 0.239. The van der Waals surface area contributed by atoms with Crippen molar-refractivity contribution in [2.75, 3.05) is 0 Å². The van der Waals surface area contributed by atoms with E-state index in [1.807, 2.05) is 41.1 Å². The third-order valence-electron chi connectivity index (χ3n) is 2.78. The SMILES string of the molecule is Fc1ccc(-c2nccn2-c2ccccc2)cc1. The average Bonchev–Trinajstić information content (AvgIpc) is 2.90. The molecule has 18 heavy (non-hydrogen) atoms. The minimum atomic E-state index is -0.239. The van der Waals surface area contributed by atoms with Crippen molar-refractivity contribution in [3.8, 4) is 17.1 Å². The Hall–Kier alpha value is -2.42. The molecule has 0 unspecified atom stereocenters. The number of imidazole rings is 1. The van der Waals surface area contributed by atoms with Gasteiger partial charge in [0, 0.05) is 23.6 Å². The van der Waals surface area contributed by atoms with Gasteiger partial charge < -0.3 is 0 Å². The van der Waals surface area contributed by atoms with Gasteiger partial charge in [0.1, 0.15) is 11.6 Å². The topological polar surface area (TPSA) is 17.8 Å². The summed E-state index contributed by atoms with van der Waals surface area (Å²) in [4.78, 5) is 4.33. The van der Waals surface area contributed by atoms with Crippen molar-refractivity contribution in [3.05, 3.63) is 72.8 Å². The first-order valence-corrected chi connectivity index (χ1v) is 5.69. The van der Waals surface area contributed by atoms with E-state index in [9.17, 15) is 4.39 Å². The second-order valence-electron chi connectivity index (χ2n) is 3.96. The normalized spacial score (nSPS) is 10.5. The van der Waals surface area contributed by atoms with Gasteiger partial charge in [-0.3, -0.25) is 4.57 Å². The van der Waals surface area contributed by atoms with E-state index in [0.717, 1.165) is 17.1 Å². The molecule has 0 saturated heterocycles. The maximum Gasteiger partial charge on any atom is 0.144 e. The van der Waals surface area contributed by atoms with E-state index >= 15 is 0 Å². The van der Waals surface area contributed by atoms with Crippen LogP contribution < -0.4 is 0 Å². The first kappa shape index (κ1) is 10.7. The molecule has 3 heteroatoms. The summed E-state index contributed by atoms with van der Waals surface area (Å²) < 4.78 is 14.9. The predicted octanol–water partition coefficient (Wildman–Crippen LogP) is 3.68. The molecule has 0 saturated carbocycles. The largest absolute Gasteiger partial charge is 0.300 e. The van der Waals surface area contributed by atoms with Crippen LogP contribution in [0.15, 0.2) is 67.0 Å². The Morgan fingerprint density at radius 3 is 2.33 bits per heavy atom. The van der Waals surface area contributed by atoms with Gasteiger partial charge in [0.05, 0.1) is 0 Å². The van der Waals surface area contributed by atoms with Crippen LogP contribution in [-0.4, -0.2) is 9.55 Å². The Bertz CT molecular complexity index is 642. The highest BCUT2D eigenvalue weighted by Crippen LogP contribution is 2.21. The smallest absolute Gasteiger partial charge is 0.144 e. The van der Waals surface area contributed by atoms with Gasteiger partial charge in [-0.15, -0.1) is 0 Å². The fraction of sp³-hybridized carbons (Fsp3) is 0. The highest BCUT2D eigenvalue weighted by Gasteiger charge is 2.07. The molecule has 0 aliphatic heterocycles. The second-order valence-corrected chi connectivity index (χ2v) is 3.96. The number of aromatic nitrogens is 2. The fourth-order valence-corrected chi connectivity index (χ4v) is 1.91. The first-order chi connectivity index (χ1) is 8.84. The van der Waals surface area contributed by atoms with Crippen LogP contribution in [0.3, 0.4) is 0 Å². The van der Waals surface area contributed by atoms with Crippen LogP contribution in [0.4, 0.5) is 4.39 Å². The van der Waals surface area contributed by atoms with Crippen molar-refractivity contribution in [2.24, 2.45) is 0 Å². The fourth-order valence-electron chi connectivity index (χ4n) is 1.91. The molecule has 0 amide bonds. The summed E-state index contributed by atoms with van der Waals surface area (Å²) in [5, 5.41) is 0. The Labute approximate surface area is 104 Å². The van der Waals surface area contributed by atoms with Gasteiger partial charge in [0.2, 0.25) is 0 Å². The molecule has 88 valence electrons. The molecule has 0 spiro atoms. The number of hydrogen-bond donors (Lipinski definition) is 0. The summed E-state index contributed by atoms with van der Waals surface area (Å²) in [6.07, 6.45) is 3.64. The Morgan fingerprint density at radius 2 is 1.61 bits per heavy atom. The van der Waals surface area contributed by atoms with E-state index in [1.165, 1.54) is 12.1 Å². The van der Waals surface area contributed by atoms with Gasteiger partial charge in [0.25, 0.3) is 0 Å². The number of nitrogens with zero attached hydrogens (tertiary/aromatic N) is 2. The zero-order valence-electron chi connectivity index (χ0n) is 9.62. The zero-order chi connectivity index (χ0) is 12.4. The monoisotopic (exact) mass is 238 g/mol. The molecule has 0 aliphatic carbocycles. The first-order valence-electron chi connectivity index (χ1n) is 5.69. The number of rotatable bonds is 2. The molecule has 0 aliphatic rings. The molecule has 1 aromatic heterocycles. The third-order valence-corrected chi connectivity index (χ3v) is 2.78. The highest BCUT2D eigenvalue weighted by molar-refractivity contribution is 5.58. The number of hydrogen-bond acceptors (Lipinski definition) is 1. The maximum absolute atomic E-state index is 12.9. The number of para-hydroxylation sites is 1. The molecule has 0 fully saturated rings. The van der Waals surface area contributed by atoms with Crippen molar-refractivity contribution in [1.82, 2.24) is 9.55 Å². The standard InChI is InChI=1S/C15H11FN2/c16-13-8-6-12(7-9-13)15-17-10-11-18(15)14-4-2-1-3-5-14/h1-11H. The second kappa shape index (κ2) is 4.45. The molecule has 2 nitrogen and oxygen atoms in total. The quantitative estimate of drug-likeness (QED) is 0.666. The van der Waals surface area contributed by atoms with Crippen LogP contribution in [0.1, 0.15) is 0 Å². The number of halogens is 1. The van der Waals surface area contributed by atoms with Crippen molar-refractivity contribution < 1.29 is 4.39 Å². The lowest BCUT2D eigenvalue weighted by Gasteiger charge is -2.07. The average molecular weight is 238 g/mol. The number of benzene rings is 2. The van der Waals surface area contributed by atoms with Crippen LogP contribution >= 0.6 is 0 Å². The Balaban J connectivity index is 2.10. The van der Waals surface area contributed by atoms with Gasteiger partial charge in [-0.2, -0.15) is 0 Å². The van der Waals surface area contributed by atoms with Crippen LogP contribution in [-0.2, 0) is 0 Å². The molecule has 0 bridgehead atoms. The molecule has 0 N–H and O–H groups in total. The molecule has 0 atom stereocenters. The minimum Gasteiger partial charge on any atom is -0.300 e. The van der Waals surface area contributed by atoms with Gasteiger partial charge in [0.15, 0.2) is 0 Å². The molecule has 0 radical (unpaired) electrons.